The summed E-state index contributed by atoms with van der Waals surface area (Å²) in [7, 11) is 0. The lowest BCUT2D eigenvalue weighted by atomic mass is 10.2. The summed E-state index contributed by atoms with van der Waals surface area (Å²) in [6, 6.07) is 0. The van der Waals surface area contributed by atoms with Gasteiger partial charge in [-0.1, -0.05) is 12.8 Å². The molecule has 2 heterocycles. The van der Waals surface area contributed by atoms with Crippen molar-refractivity contribution in [3.8, 4) is 0 Å². The van der Waals surface area contributed by atoms with Crippen molar-refractivity contribution in [2.45, 2.75) is 38.3 Å². The van der Waals surface area contributed by atoms with Gasteiger partial charge in [0, 0.05) is 13.1 Å². The molecule has 1 N–H and O–H groups in total. The predicted octanol–water partition coefficient (Wildman–Crippen LogP) is 1.28. The lowest BCUT2D eigenvalue weighted by Crippen LogP contribution is -2.51. The Labute approximate surface area is 73.9 Å². The smallest absolute Gasteiger partial charge is 0.0865 e. The summed E-state index contributed by atoms with van der Waals surface area (Å²) >= 11 is 0. The van der Waals surface area contributed by atoms with Gasteiger partial charge in [0.05, 0.1) is 6.17 Å². The fourth-order valence-electron chi connectivity index (χ4n) is 2.33. The number of fused-ring (bicyclic) bond motifs is 1. The van der Waals surface area contributed by atoms with Crippen LogP contribution in [-0.4, -0.2) is 41.0 Å². The van der Waals surface area contributed by atoms with Crippen LogP contribution in [0.4, 0.5) is 0 Å². The molecule has 0 radical (unpaired) electrons. The van der Waals surface area contributed by atoms with Crippen LogP contribution in [0.15, 0.2) is 0 Å². The first-order chi connectivity index (χ1) is 5.88. The van der Waals surface area contributed by atoms with Gasteiger partial charge in [-0.3, -0.25) is 4.90 Å². The predicted molar refractivity (Wildman–Crippen MR) is 46.9 cm³/mol. The zero-order valence-corrected chi connectivity index (χ0v) is 7.58. The fraction of sp³-hybridized carbons (Fsp3) is 1.00. The van der Waals surface area contributed by atoms with Crippen molar-refractivity contribution >= 4 is 0 Å². The Morgan fingerprint density at radius 1 is 0.917 bits per heavy atom. The molecule has 12 heavy (non-hydrogen) atoms. The minimum Gasteiger partial charge on any atom is -0.312 e. The summed E-state index contributed by atoms with van der Waals surface area (Å²) in [4.78, 5) is 2.43. The molecule has 1 atom stereocenters. The van der Waals surface area contributed by atoms with Crippen LogP contribution in [-0.2, 0) is 0 Å². The van der Waals surface area contributed by atoms with E-state index in [0.29, 0.717) is 6.17 Å². The summed E-state index contributed by atoms with van der Waals surface area (Å²) in [5, 5.41) is 11.2. The van der Waals surface area contributed by atoms with Crippen molar-refractivity contribution in [2.24, 2.45) is 0 Å². The van der Waals surface area contributed by atoms with Gasteiger partial charge in [0.15, 0.2) is 0 Å². The molecule has 0 spiro atoms. The van der Waals surface area contributed by atoms with Gasteiger partial charge in [-0.15, -0.1) is 0 Å². The van der Waals surface area contributed by atoms with Gasteiger partial charge in [0.1, 0.15) is 0 Å². The maximum Gasteiger partial charge on any atom is 0.0865 e. The molecular weight excluding hydrogens is 152 g/mol. The molecule has 0 bridgehead atoms. The maximum atomic E-state index is 9.62. The Bertz CT molecular complexity index is 151. The standard InChI is InChI=1S/C9H18N2O/c12-11-8-4-7-10-6-3-1-2-5-9(10)11/h9,12H,1-8H2. The number of nitrogens with zero attached hydrogens (tertiary/aromatic N) is 2. The molecule has 2 aliphatic heterocycles. The van der Waals surface area contributed by atoms with Crippen LogP contribution in [0.5, 0.6) is 0 Å². The van der Waals surface area contributed by atoms with E-state index in [0.717, 1.165) is 19.4 Å². The summed E-state index contributed by atoms with van der Waals surface area (Å²) in [6.45, 7) is 3.23. The van der Waals surface area contributed by atoms with Gasteiger partial charge < -0.3 is 5.21 Å². The molecule has 1 unspecified atom stereocenters. The van der Waals surface area contributed by atoms with Gasteiger partial charge >= 0.3 is 0 Å². The topological polar surface area (TPSA) is 26.7 Å². The van der Waals surface area contributed by atoms with E-state index in [1.54, 1.807) is 0 Å². The van der Waals surface area contributed by atoms with Crippen LogP contribution in [0.1, 0.15) is 32.1 Å². The molecule has 0 aromatic heterocycles. The van der Waals surface area contributed by atoms with Gasteiger partial charge in [-0.2, -0.15) is 5.06 Å². The van der Waals surface area contributed by atoms with Crippen molar-refractivity contribution < 1.29 is 5.21 Å². The Kier molecular flexibility index (Phi) is 2.63. The minimum absolute atomic E-state index is 0.334. The van der Waals surface area contributed by atoms with Crippen LogP contribution in [0.2, 0.25) is 0 Å². The average molecular weight is 170 g/mol. The molecule has 0 saturated carbocycles. The van der Waals surface area contributed by atoms with Crippen LogP contribution in [0, 0.1) is 0 Å². The van der Waals surface area contributed by atoms with Crippen molar-refractivity contribution in [3.05, 3.63) is 0 Å². The molecule has 0 aromatic carbocycles. The fourth-order valence-corrected chi connectivity index (χ4v) is 2.33. The highest BCUT2D eigenvalue weighted by atomic mass is 16.5. The van der Waals surface area contributed by atoms with Crippen LogP contribution in [0.3, 0.4) is 0 Å². The van der Waals surface area contributed by atoms with E-state index < -0.39 is 0 Å². The van der Waals surface area contributed by atoms with E-state index in [1.807, 2.05) is 0 Å². The van der Waals surface area contributed by atoms with E-state index in [1.165, 1.54) is 37.4 Å². The number of hydrogen-bond donors (Lipinski definition) is 1. The molecule has 0 amide bonds. The maximum absolute atomic E-state index is 9.62. The van der Waals surface area contributed by atoms with Crippen LogP contribution in [0.25, 0.3) is 0 Å². The number of hydrogen-bond acceptors (Lipinski definition) is 3. The number of hydroxylamine groups is 2. The molecule has 3 nitrogen and oxygen atoms in total. The van der Waals surface area contributed by atoms with E-state index >= 15 is 0 Å². The molecule has 2 fully saturated rings. The minimum atomic E-state index is 0.334. The van der Waals surface area contributed by atoms with Gasteiger partial charge in [0.2, 0.25) is 0 Å². The SMILES string of the molecule is ON1CCCN2CCCCCC12. The first kappa shape index (κ1) is 8.48. The van der Waals surface area contributed by atoms with E-state index in [4.69, 9.17) is 0 Å². The third-order valence-corrected chi connectivity index (χ3v) is 3.01. The Morgan fingerprint density at radius 2 is 1.75 bits per heavy atom. The second-order valence-electron chi connectivity index (χ2n) is 3.88. The largest absolute Gasteiger partial charge is 0.312 e. The third kappa shape index (κ3) is 1.63. The zero-order chi connectivity index (χ0) is 8.39. The second kappa shape index (κ2) is 3.73. The molecule has 2 aliphatic rings. The highest BCUT2D eigenvalue weighted by Gasteiger charge is 2.28. The summed E-state index contributed by atoms with van der Waals surface area (Å²) in [5.74, 6) is 0. The first-order valence-electron chi connectivity index (χ1n) is 5.07. The molecular formula is C9H18N2O. The summed E-state index contributed by atoms with van der Waals surface area (Å²) in [6.07, 6.45) is 6.52. The van der Waals surface area contributed by atoms with Crippen molar-refractivity contribution in [1.29, 1.82) is 0 Å². The number of rotatable bonds is 0. The molecule has 70 valence electrons. The highest BCUT2D eigenvalue weighted by Crippen LogP contribution is 2.21. The van der Waals surface area contributed by atoms with Gasteiger partial charge in [-0.25, -0.2) is 0 Å². The lowest BCUT2D eigenvalue weighted by Gasteiger charge is -2.39. The van der Waals surface area contributed by atoms with Gasteiger partial charge in [0.25, 0.3) is 0 Å². The van der Waals surface area contributed by atoms with E-state index in [9.17, 15) is 5.21 Å². The summed E-state index contributed by atoms with van der Waals surface area (Å²) in [5.41, 5.74) is 0. The Hall–Kier alpha value is -0.120. The van der Waals surface area contributed by atoms with E-state index in [2.05, 4.69) is 4.90 Å². The van der Waals surface area contributed by atoms with Crippen molar-refractivity contribution in [2.75, 3.05) is 19.6 Å². The Balaban J connectivity index is 2.00. The van der Waals surface area contributed by atoms with Crippen LogP contribution >= 0.6 is 0 Å². The molecule has 0 aromatic rings. The monoisotopic (exact) mass is 170 g/mol. The van der Waals surface area contributed by atoms with Gasteiger partial charge in [-0.05, 0) is 25.8 Å². The molecule has 0 aliphatic carbocycles. The van der Waals surface area contributed by atoms with E-state index in [-0.39, 0.29) is 0 Å². The normalized spacial score (nSPS) is 34.2. The quantitative estimate of drug-likeness (QED) is 0.593. The lowest BCUT2D eigenvalue weighted by molar-refractivity contribution is -0.191. The first-order valence-corrected chi connectivity index (χ1v) is 5.07. The average Bonchev–Trinajstić information content (AvgIpc) is 2.30. The highest BCUT2D eigenvalue weighted by molar-refractivity contribution is 4.76. The Morgan fingerprint density at radius 3 is 2.67 bits per heavy atom. The second-order valence-corrected chi connectivity index (χ2v) is 3.88. The molecule has 2 saturated heterocycles. The van der Waals surface area contributed by atoms with Crippen LogP contribution < -0.4 is 0 Å². The van der Waals surface area contributed by atoms with Crippen molar-refractivity contribution in [3.63, 3.8) is 0 Å². The summed E-state index contributed by atoms with van der Waals surface area (Å²) < 4.78 is 0. The third-order valence-electron chi connectivity index (χ3n) is 3.01. The zero-order valence-electron chi connectivity index (χ0n) is 7.58. The molecule has 3 heteroatoms. The molecule has 2 rings (SSSR count). The van der Waals surface area contributed by atoms with Crippen molar-refractivity contribution in [1.82, 2.24) is 9.96 Å².